The molecule has 2 aromatic heterocycles. The number of rotatable bonds is 5. The largest absolute Gasteiger partial charge is 0.389 e. The number of nitrogen functional groups attached to an aromatic ring is 1. The molecule has 0 bridgehead atoms. The highest BCUT2D eigenvalue weighted by Crippen LogP contribution is 2.42. The molecule has 1 aromatic carbocycles. The van der Waals surface area contributed by atoms with Crippen LogP contribution < -0.4 is 21.7 Å². The van der Waals surface area contributed by atoms with Gasteiger partial charge < -0.3 is 26.4 Å². The Kier molecular flexibility index (Phi) is 6.39. The Morgan fingerprint density at radius 3 is 2.77 bits per heavy atom. The molecule has 1 fully saturated rings. The number of pyridine rings is 1. The first kappa shape index (κ1) is 23.6. The maximum absolute atomic E-state index is 14.3. The van der Waals surface area contributed by atoms with Gasteiger partial charge in [-0.3, -0.25) is 9.78 Å². The van der Waals surface area contributed by atoms with Crippen LogP contribution in [-0.2, 0) is 11.2 Å². The molecule has 184 valence electrons. The number of halogens is 2. The van der Waals surface area contributed by atoms with Gasteiger partial charge in [0.2, 0.25) is 0 Å². The van der Waals surface area contributed by atoms with E-state index < -0.39 is 17.5 Å². The number of ether oxygens (including phenoxy) is 1. The van der Waals surface area contributed by atoms with Gasteiger partial charge in [0.15, 0.2) is 5.69 Å². The van der Waals surface area contributed by atoms with Crippen molar-refractivity contribution in [1.29, 1.82) is 0 Å². The van der Waals surface area contributed by atoms with E-state index in [2.05, 4.69) is 20.2 Å². The lowest BCUT2D eigenvalue weighted by atomic mass is 10.0. The van der Waals surface area contributed by atoms with Gasteiger partial charge in [0.05, 0.1) is 34.9 Å². The van der Waals surface area contributed by atoms with E-state index in [4.69, 9.17) is 16.2 Å². The fourth-order valence-corrected chi connectivity index (χ4v) is 5.75. The van der Waals surface area contributed by atoms with E-state index in [-0.39, 0.29) is 33.4 Å². The third kappa shape index (κ3) is 4.35. The maximum Gasteiger partial charge on any atom is 0.277 e. The number of nitrogens with one attached hydrogen (secondary N) is 1. The molecule has 2 aliphatic rings. The highest BCUT2D eigenvalue weighted by molar-refractivity contribution is 7.19. The molecule has 1 aliphatic heterocycles. The smallest absolute Gasteiger partial charge is 0.277 e. The zero-order chi connectivity index (χ0) is 24.7. The lowest BCUT2D eigenvalue weighted by molar-refractivity contribution is 0.102. The molecule has 3 heterocycles. The van der Waals surface area contributed by atoms with E-state index in [9.17, 15) is 13.6 Å². The quantitative estimate of drug-likeness (QED) is 0.486. The van der Waals surface area contributed by atoms with Gasteiger partial charge in [-0.2, -0.15) is 0 Å². The number of carbonyl (C=O) groups is 1. The fourth-order valence-electron chi connectivity index (χ4n) is 4.87. The van der Waals surface area contributed by atoms with Crippen LogP contribution in [0.2, 0.25) is 0 Å². The van der Waals surface area contributed by atoms with Crippen molar-refractivity contribution < 1.29 is 18.3 Å². The molecule has 11 heteroatoms. The number of anilines is 3. The van der Waals surface area contributed by atoms with Gasteiger partial charge in [-0.05, 0) is 37.8 Å². The molecule has 0 spiro atoms. The third-order valence-corrected chi connectivity index (χ3v) is 7.40. The number of hydrogen-bond donors (Lipinski definition) is 3. The van der Waals surface area contributed by atoms with Crippen LogP contribution in [0.5, 0.6) is 0 Å². The number of methoxy groups -OCH3 is 1. The number of nitrogens with zero attached hydrogens (tertiary/aromatic N) is 3. The van der Waals surface area contributed by atoms with Crippen molar-refractivity contribution in [3.63, 3.8) is 0 Å². The monoisotopic (exact) mass is 500 g/mol. The normalized spacial score (nSPS) is 19.6. The van der Waals surface area contributed by atoms with Crippen molar-refractivity contribution in [2.24, 2.45) is 5.73 Å². The Morgan fingerprint density at radius 2 is 2.06 bits per heavy atom. The van der Waals surface area contributed by atoms with E-state index in [1.54, 1.807) is 13.3 Å². The van der Waals surface area contributed by atoms with Gasteiger partial charge in [0.1, 0.15) is 21.6 Å². The van der Waals surface area contributed by atoms with Crippen molar-refractivity contribution in [3.8, 4) is 10.6 Å². The van der Waals surface area contributed by atoms with E-state index in [0.717, 1.165) is 72.6 Å². The van der Waals surface area contributed by atoms with E-state index >= 15 is 0 Å². The molecule has 8 nitrogen and oxygen atoms in total. The molecule has 1 amide bonds. The summed E-state index contributed by atoms with van der Waals surface area (Å²) in [5, 5.41) is 2.95. The second-order valence-electron chi connectivity index (χ2n) is 8.78. The zero-order valence-electron chi connectivity index (χ0n) is 19.2. The van der Waals surface area contributed by atoms with Crippen LogP contribution in [0.1, 0.15) is 47.1 Å². The molecule has 2 atom stereocenters. The van der Waals surface area contributed by atoms with Crippen molar-refractivity contribution in [1.82, 2.24) is 9.97 Å². The third-order valence-electron chi connectivity index (χ3n) is 6.50. The molecule has 35 heavy (non-hydrogen) atoms. The fraction of sp³-hybridized carbons (Fsp3) is 0.375. The summed E-state index contributed by atoms with van der Waals surface area (Å²) >= 11 is 0.857. The molecule has 0 unspecified atom stereocenters. The Bertz CT molecular complexity index is 1260. The molecule has 1 saturated heterocycles. The molecule has 0 radical (unpaired) electrons. The minimum absolute atomic E-state index is 0.000456. The van der Waals surface area contributed by atoms with Crippen LogP contribution in [-0.4, -0.2) is 42.1 Å². The predicted molar refractivity (Wildman–Crippen MR) is 132 cm³/mol. The average molecular weight is 501 g/mol. The first-order valence-electron chi connectivity index (χ1n) is 11.4. The Morgan fingerprint density at radius 1 is 1.29 bits per heavy atom. The molecule has 5 rings (SSSR count). The highest BCUT2D eigenvalue weighted by atomic mass is 32.1. The van der Waals surface area contributed by atoms with Gasteiger partial charge in [-0.15, -0.1) is 0 Å². The standard InChI is InChI=1S/C24H26F2N6O2S/c1-34-17-8-7-13-19(17)29-10-16(21(13)32-9-3-4-12(27)11-32)30-23(33)20-22(28)35-24(31-20)18-14(25)5-2-6-15(18)26/h2,5-6,10,12,17H,3-4,7-9,11,27-28H2,1H3,(H,30,33)/t12-,17+/m0/s1. The van der Waals surface area contributed by atoms with Crippen LogP contribution >= 0.6 is 11.3 Å². The number of fused-ring (bicyclic) bond motifs is 1. The summed E-state index contributed by atoms with van der Waals surface area (Å²) in [5.74, 6) is -2.12. The first-order chi connectivity index (χ1) is 16.9. The van der Waals surface area contributed by atoms with Crippen LogP contribution in [0.15, 0.2) is 24.4 Å². The number of hydrogen-bond acceptors (Lipinski definition) is 8. The molecule has 3 aromatic rings. The van der Waals surface area contributed by atoms with Crippen LogP contribution in [0.3, 0.4) is 0 Å². The molecule has 0 saturated carbocycles. The van der Waals surface area contributed by atoms with Crippen LogP contribution in [0.4, 0.5) is 25.2 Å². The summed E-state index contributed by atoms with van der Waals surface area (Å²) in [5.41, 5.74) is 15.2. The molecular weight excluding hydrogens is 474 g/mol. The highest BCUT2D eigenvalue weighted by Gasteiger charge is 2.32. The predicted octanol–water partition coefficient (Wildman–Crippen LogP) is 3.88. The molecular formula is C24H26F2N6O2S. The Hall–Kier alpha value is -3.15. The molecule has 1 aliphatic carbocycles. The second-order valence-corrected chi connectivity index (χ2v) is 9.81. The Labute approximate surface area is 205 Å². The maximum atomic E-state index is 14.3. The summed E-state index contributed by atoms with van der Waals surface area (Å²) < 4.78 is 34.1. The number of thiazole rings is 1. The number of benzene rings is 1. The lowest BCUT2D eigenvalue weighted by Gasteiger charge is -2.35. The zero-order valence-corrected chi connectivity index (χ0v) is 20.0. The van der Waals surface area contributed by atoms with Crippen molar-refractivity contribution in [2.75, 3.05) is 36.1 Å². The average Bonchev–Trinajstić information content (AvgIpc) is 3.42. The number of nitrogens with two attached hydrogens (primary N) is 2. The van der Waals surface area contributed by atoms with E-state index in [1.165, 1.54) is 6.07 Å². The summed E-state index contributed by atoms with van der Waals surface area (Å²) in [6, 6.07) is 3.56. The van der Waals surface area contributed by atoms with Crippen LogP contribution in [0.25, 0.3) is 10.6 Å². The summed E-state index contributed by atoms with van der Waals surface area (Å²) in [7, 11) is 1.66. The number of carbonyl (C=O) groups excluding carboxylic acids is 1. The van der Waals surface area contributed by atoms with Gasteiger partial charge >= 0.3 is 0 Å². The minimum Gasteiger partial charge on any atom is -0.389 e. The number of aromatic nitrogens is 2. The molecule has 5 N–H and O–H groups in total. The van der Waals surface area contributed by atoms with Gasteiger partial charge in [0.25, 0.3) is 5.91 Å². The SMILES string of the molecule is CO[C@@H]1CCc2c1ncc(NC(=O)c1nc(-c3c(F)cccc3F)sc1N)c2N1CCC[C@H](N)C1. The van der Waals surface area contributed by atoms with Gasteiger partial charge in [0, 0.05) is 31.8 Å². The topological polar surface area (TPSA) is 119 Å². The van der Waals surface area contributed by atoms with E-state index in [1.807, 2.05) is 0 Å². The Balaban J connectivity index is 1.50. The first-order valence-corrected chi connectivity index (χ1v) is 12.3. The van der Waals surface area contributed by atoms with E-state index in [0.29, 0.717) is 12.2 Å². The number of amides is 1. The minimum atomic E-state index is -0.773. The summed E-state index contributed by atoms with van der Waals surface area (Å²) in [4.78, 5) is 24.2. The lowest BCUT2D eigenvalue weighted by Crippen LogP contribution is -2.43. The second kappa shape index (κ2) is 9.48. The van der Waals surface area contributed by atoms with Crippen LogP contribution in [0, 0.1) is 11.6 Å². The van der Waals surface area contributed by atoms with Gasteiger partial charge in [-0.1, -0.05) is 17.4 Å². The van der Waals surface area contributed by atoms with Crippen molar-refractivity contribution in [3.05, 3.63) is 53.0 Å². The number of piperidine rings is 1. The summed E-state index contributed by atoms with van der Waals surface area (Å²) in [6.07, 6.45) is 4.97. The van der Waals surface area contributed by atoms with Crippen molar-refractivity contribution >= 4 is 33.6 Å². The van der Waals surface area contributed by atoms with Gasteiger partial charge in [-0.25, -0.2) is 13.8 Å². The summed E-state index contributed by atoms with van der Waals surface area (Å²) in [6.45, 7) is 1.47. The van der Waals surface area contributed by atoms with Crippen molar-refractivity contribution in [2.45, 2.75) is 37.8 Å².